The molecule has 0 bridgehead atoms. The third-order valence-electron chi connectivity index (χ3n) is 4.18. The molecule has 0 fully saturated rings. The average molecular weight is 331 g/mol. The van der Waals surface area contributed by atoms with Gasteiger partial charge in [-0.2, -0.15) is 0 Å². The zero-order valence-corrected chi connectivity index (χ0v) is 14.7. The Morgan fingerprint density at radius 1 is 0.960 bits per heavy atom. The second kappa shape index (κ2) is 7.18. The summed E-state index contributed by atoms with van der Waals surface area (Å²) in [6.45, 7) is 4.12. The van der Waals surface area contributed by atoms with Gasteiger partial charge in [-0.3, -0.25) is 9.78 Å². The number of aryl methyl sites for hydroxylation is 2. The number of amides is 1. The summed E-state index contributed by atoms with van der Waals surface area (Å²) in [5.41, 5.74) is 5.46. The molecule has 0 aliphatic carbocycles. The van der Waals surface area contributed by atoms with E-state index in [1.807, 2.05) is 42.5 Å². The highest BCUT2D eigenvalue weighted by Crippen LogP contribution is 2.24. The summed E-state index contributed by atoms with van der Waals surface area (Å²) in [5, 5.41) is 3.40. The fourth-order valence-electron chi connectivity index (χ4n) is 2.72. The molecular weight excluding hydrogens is 310 g/mol. The van der Waals surface area contributed by atoms with Crippen LogP contribution in [0.5, 0.6) is 0 Å². The molecule has 0 aliphatic rings. The van der Waals surface area contributed by atoms with Gasteiger partial charge in [-0.15, -0.1) is 0 Å². The summed E-state index contributed by atoms with van der Waals surface area (Å²) >= 11 is 0. The smallest absolute Gasteiger partial charge is 0.276 e. The lowest BCUT2D eigenvalue weighted by molar-refractivity contribution is 0.0988. The maximum Gasteiger partial charge on any atom is 0.276 e. The fraction of sp³-hybridized carbons (Fsp3) is 0.143. The lowest BCUT2D eigenvalue weighted by Gasteiger charge is -2.17. The maximum absolute atomic E-state index is 12.7. The Labute approximate surface area is 148 Å². The van der Waals surface area contributed by atoms with Crippen molar-refractivity contribution in [2.75, 3.05) is 17.3 Å². The molecule has 1 N–H and O–H groups in total. The van der Waals surface area contributed by atoms with Gasteiger partial charge in [0, 0.05) is 30.3 Å². The number of benzene rings is 2. The van der Waals surface area contributed by atoms with E-state index >= 15 is 0 Å². The third kappa shape index (κ3) is 3.69. The molecule has 3 rings (SSSR count). The van der Waals surface area contributed by atoms with Gasteiger partial charge in [0.05, 0.1) is 0 Å². The van der Waals surface area contributed by atoms with Crippen molar-refractivity contribution in [1.29, 1.82) is 0 Å². The second-order valence-electron chi connectivity index (χ2n) is 6.02. The van der Waals surface area contributed by atoms with Crippen molar-refractivity contribution in [1.82, 2.24) is 4.98 Å². The van der Waals surface area contributed by atoms with Crippen LogP contribution in [0.4, 0.5) is 17.1 Å². The van der Waals surface area contributed by atoms with Gasteiger partial charge >= 0.3 is 0 Å². The van der Waals surface area contributed by atoms with Crippen LogP contribution >= 0.6 is 0 Å². The van der Waals surface area contributed by atoms with Gasteiger partial charge in [-0.05, 0) is 49.2 Å². The van der Waals surface area contributed by atoms with Gasteiger partial charge in [0.1, 0.15) is 5.69 Å². The summed E-state index contributed by atoms with van der Waals surface area (Å²) < 4.78 is 0. The quantitative estimate of drug-likeness (QED) is 0.752. The molecule has 2 aromatic carbocycles. The minimum absolute atomic E-state index is 0.142. The normalized spacial score (nSPS) is 10.4. The Balaban J connectivity index is 1.85. The van der Waals surface area contributed by atoms with Crippen LogP contribution in [0.15, 0.2) is 66.9 Å². The van der Waals surface area contributed by atoms with Crippen LogP contribution < -0.4 is 10.2 Å². The largest absolute Gasteiger partial charge is 0.355 e. The zero-order chi connectivity index (χ0) is 17.8. The van der Waals surface area contributed by atoms with E-state index < -0.39 is 0 Å². The molecule has 126 valence electrons. The van der Waals surface area contributed by atoms with Crippen molar-refractivity contribution in [2.45, 2.75) is 13.8 Å². The standard InChI is InChI=1S/C21H21N3O/c1-15-8-7-9-16(2)20(15)23-17-12-13-22-19(14-17)21(25)24(3)18-10-5-4-6-11-18/h4-14H,1-3H3,(H,22,23). The van der Waals surface area contributed by atoms with Crippen molar-refractivity contribution < 1.29 is 4.79 Å². The monoisotopic (exact) mass is 331 g/mol. The van der Waals surface area contributed by atoms with Gasteiger partial charge in [0.25, 0.3) is 5.91 Å². The van der Waals surface area contributed by atoms with E-state index in [9.17, 15) is 4.79 Å². The van der Waals surface area contributed by atoms with E-state index in [1.165, 1.54) is 0 Å². The lowest BCUT2D eigenvalue weighted by atomic mass is 10.1. The number of anilines is 3. The van der Waals surface area contributed by atoms with E-state index in [1.54, 1.807) is 24.2 Å². The van der Waals surface area contributed by atoms with Crippen LogP contribution in [0.25, 0.3) is 0 Å². The number of rotatable bonds is 4. The summed E-state index contributed by atoms with van der Waals surface area (Å²) in [7, 11) is 1.75. The van der Waals surface area contributed by atoms with Crippen LogP contribution in [0.1, 0.15) is 21.6 Å². The Kier molecular flexibility index (Phi) is 4.80. The molecule has 1 heterocycles. The van der Waals surface area contributed by atoms with Gasteiger partial charge in [-0.1, -0.05) is 36.4 Å². The fourth-order valence-corrected chi connectivity index (χ4v) is 2.72. The molecule has 0 radical (unpaired) electrons. The van der Waals surface area contributed by atoms with E-state index in [2.05, 4.69) is 36.3 Å². The molecule has 1 aromatic heterocycles. The van der Waals surface area contributed by atoms with Crippen molar-refractivity contribution in [3.63, 3.8) is 0 Å². The maximum atomic E-state index is 12.7. The molecule has 25 heavy (non-hydrogen) atoms. The minimum atomic E-state index is -0.142. The van der Waals surface area contributed by atoms with Crippen LogP contribution in [0.2, 0.25) is 0 Å². The number of para-hydroxylation sites is 2. The number of nitrogens with zero attached hydrogens (tertiary/aromatic N) is 2. The predicted octanol–water partition coefficient (Wildman–Crippen LogP) is 4.72. The highest BCUT2D eigenvalue weighted by Gasteiger charge is 2.15. The van der Waals surface area contributed by atoms with Crippen LogP contribution in [0.3, 0.4) is 0 Å². The van der Waals surface area contributed by atoms with Crippen LogP contribution in [-0.4, -0.2) is 17.9 Å². The molecular formula is C21H21N3O. The first-order valence-electron chi connectivity index (χ1n) is 8.18. The molecule has 3 aromatic rings. The van der Waals surface area contributed by atoms with Crippen LogP contribution in [-0.2, 0) is 0 Å². The zero-order valence-electron chi connectivity index (χ0n) is 14.7. The first-order valence-corrected chi connectivity index (χ1v) is 8.18. The average Bonchev–Trinajstić information content (AvgIpc) is 2.64. The van der Waals surface area contributed by atoms with E-state index in [0.29, 0.717) is 5.69 Å². The first-order chi connectivity index (χ1) is 12.1. The SMILES string of the molecule is Cc1cccc(C)c1Nc1ccnc(C(=O)N(C)c2ccccc2)c1. The lowest BCUT2D eigenvalue weighted by Crippen LogP contribution is -2.27. The Hall–Kier alpha value is -3.14. The van der Waals surface area contributed by atoms with Crippen molar-refractivity contribution in [3.05, 3.63) is 83.7 Å². The molecule has 4 nitrogen and oxygen atoms in total. The van der Waals surface area contributed by atoms with Crippen molar-refractivity contribution in [2.24, 2.45) is 0 Å². The molecule has 0 spiro atoms. The topological polar surface area (TPSA) is 45.2 Å². The number of carbonyl (C=O) groups is 1. The molecule has 0 aliphatic heterocycles. The summed E-state index contributed by atoms with van der Waals surface area (Å²) in [4.78, 5) is 18.6. The number of hydrogen-bond acceptors (Lipinski definition) is 3. The molecule has 1 amide bonds. The van der Waals surface area contributed by atoms with Gasteiger partial charge in [0.2, 0.25) is 0 Å². The number of aromatic nitrogens is 1. The highest BCUT2D eigenvalue weighted by molar-refractivity contribution is 6.04. The number of pyridine rings is 1. The van der Waals surface area contributed by atoms with E-state index in [4.69, 9.17) is 0 Å². The predicted molar refractivity (Wildman–Crippen MR) is 103 cm³/mol. The Morgan fingerprint density at radius 2 is 1.64 bits per heavy atom. The molecule has 4 heteroatoms. The van der Waals surface area contributed by atoms with Crippen LogP contribution in [0, 0.1) is 13.8 Å². The molecule has 0 saturated carbocycles. The Bertz CT molecular complexity index is 870. The number of hydrogen-bond donors (Lipinski definition) is 1. The van der Waals surface area contributed by atoms with E-state index in [0.717, 1.165) is 28.2 Å². The van der Waals surface area contributed by atoms with Gasteiger partial charge in [0.15, 0.2) is 0 Å². The van der Waals surface area contributed by atoms with Gasteiger partial charge < -0.3 is 10.2 Å². The summed E-state index contributed by atoms with van der Waals surface area (Å²) in [6.07, 6.45) is 1.65. The number of nitrogens with one attached hydrogen (secondary N) is 1. The molecule has 0 unspecified atom stereocenters. The first kappa shape index (κ1) is 16.7. The number of carbonyl (C=O) groups excluding carboxylic acids is 1. The van der Waals surface area contributed by atoms with Gasteiger partial charge in [-0.25, -0.2) is 0 Å². The highest BCUT2D eigenvalue weighted by atomic mass is 16.2. The van der Waals surface area contributed by atoms with E-state index in [-0.39, 0.29) is 5.91 Å². The second-order valence-corrected chi connectivity index (χ2v) is 6.02. The minimum Gasteiger partial charge on any atom is -0.355 e. The molecule has 0 saturated heterocycles. The summed E-state index contributed by atoms with van der Waals surface area (Å²) in [6, 6.07) is 19.3. The summed E-state index contributed by atoms with van der Waals surface area (Å²) in [5.74, 6) is -0.142. The molecule has 0 atom stereocenters. The Morgan fingerprint density at radius 3 is 2.32 bits per heavy atom. The third-order valence-corrected chi connectivity index (χ3v) is 4.18. The van der Waals surface area contributed by atoms with Crippen molar-refractivity contribution >= 4 is 23.0 Å². The van der Waals surface area contributed by atoms with Crippen molar-refractivity contribution in [3.8, 4) is 0 Å².